The van der Waals surface area contributed by atoms with E-state index in [1.54, 1.807) is 14.2 Å². The van der Waals surface area contributed by atoms with Gasteiger partial charge in [-0.15, -0.1) is 0 Å². The van der Waals surface area contributed by atoms with Crippen molar-refractivity contribution in [1.82, 2.24) is 4.90 Å². The molecule has 108 valence electrons. The molecule has 0 radical (unpaired) electrons. The van der Waals surface area contributed by atoms with Crippen molar-refractivity contribution in [3.63, 3.8) is 0 Å². The molecule has 4 heteroatoms. The molecule has 0 amide bonds. The van der Waals surface area contributed by atoms with Gasteiger partial charge in [0.2, 0.25) is 0 Å². The SMILES string of the molecule is COc1ccc(CN2CCCC(C)(OC)C2)cc1C#N. The first kappa shape index (κ1) is 14.8. The minimum Gasteiger partial charge on any atom is -0.495 e. The highest BCUT2D eigenvalue weighted by Gasteiger charge is 2.30. The molecule has 0 saturated carbocycles. The molecule has 1 saturated heterocycles. The number of nitrogens with zero attached hydrogens (tertiary/aromatic N) is 2. The molecule has 1 fully saturated rings. The van der Waals surface area contributed by atoms with Gasteiger partial charge in [-0.2, -0.15) is 5.26 Å². The number of rotatable bonds is 4. The Kier molecular flexibility index (Phi) is 4.64. The van der Waals surface area contributed by atoms with Crippen LogP contribution in [0.25, 0.3) is 0 Å². The Bertz CT molecular complexity index is 510. The van der Waals surface area contributed by atoms with Crippen molar-refractivity contribution >= 4 is 0 Å². The van der Waals surface area contributed by atoms with E-state index in [9.17, 15) is 0 Å². The van der Waals surface area contributed by atoms with E-state index in [4.69, 9.17) is 14.7 Å². The van der Waals surface area contributed by atoms with Crippen molar-refractivity contribution in [2.24, 2.45) is 0 Å². The number of benzene rings is 1. The van der Waals surface area contributed by atoms with Gasteiger partial charge in [-0.3, -0.25) is 4.90 Å². The molecule has 0 spiro atoms. The van der Waals surface area contributed by atoms with E-state index in [0.29, 0.717) is 11.3 Å². The first-order valence-corrected chi connectivity index (χ1v) is 6.95. The lowest BCUT2D eigenvalue weighted by Gasteiger charge is -2.39. The van der Waals surface area contributed by atoms with Crippen LogP contribution in [-0.2, 0) is 11.3 Å². The molecule has 1 aliphatic rings. The van der Waals surface area contributed by atoms with E-state index in [-0.39, 0.29) is 5.60 Å². The van der Waals surface area contributed by atoms with Gasteiger partial charge in [0, 0.05) is 20.2 Å². The third-order valence-corrected chi connectivity index (χ3v) is 4.02. The van der Waals surface area contributed by atoms with E-state index in [0.717, 1.165) is 38.0 Å². The first-order chi connectivity index (χ1) is 9.60. The quantitative estimate of drug-likeness (QED) is 0.846. The van der Waals surface area contributed by atoms with Crippen LogP contribution >= 0.6 is 0 Å². The van der Waals surface area contributed by atoms with E-state index >= 15 is 0 Å². The maximum atomic E-state index is 9.14. The van der Waals surface area contributed by atoms with Gasteiger partial charge in [-0.1, -0.05) is 6.07 Å². The monoisotopic (exact) mass is 274 g/mol. The topological polar surface area (TPSA) is 45.5 Å². The smallest absolute Gasteiger partial charge is 0.136 e. The second-order valence-electron chi connectivity index (χ2n) is 5.61. The van der Waals surface area contributed by atoms with Gasteiger partial charge in [0.1, 0.15) is 11.8 Å². The van der Waals surface area contributed by atoms with Crippen molar-refractivity contribution in [3.8, 4) is 11.8 Å². The Hall–Kier alpha value is -1.57. The first-order valence-electron chi connectivity index (χ1n) is 6.95. The molecular formula is C16H22N2O2. The van der Waals surface area contributed by atoms with Gasteiger partial charge in [0.05, 0.1) is 18.3 Å². The lowest BCUT2D eigenvalue weighted by Crippen LogP contribution is -2.46. The Labute approximate surface area is 120 Å². The number of hydrogen-bond acceptors (Lipinski definition) is 4. The summed E-state index contributed by atoms with van der Waals surface area (Å²) in [7, 11) is 3.37. The molecule has 1 aliphatic heterocycles. The molecule has 0 aromatic heterocycles. The average Bonchev–Trinajstić information content (AvgIpc) is 2.47. The van der Waals surface area contributed by atoms with Crippen LogP contribution in [0.5, 0.6) is 5.75 Å². The van der Waals surface area contributed by atoms with Crippen LogP contribution in [0, 0.1) is 11.3 Å². The van der Waals surface area contributed by atoms with Gasteiger partial charge in [0.25, 0.3) is 0 Å². The molecular weight excluding hydrogens is 252 g/mol. The third-order valence-electron chi connectivity index (χ3n) is 4.02. The fourth-order valence-electron chi connectivity index (χ4n) is 2.81. The summed E-state index contributed by atoms with van der Waals surface area (Å²) in [5.74, 6) is 0.636. The minimum absolute atomic E-state index is 0.0528. The Morgan fingerprint density at radius 3 is 2.85 bits per heavy atom. The van der Waals surface area contributed by atoms with Crippen molar-refractivity contribution in [1.29, 1.82) is 5.26 Å². The van der Waals surface area contributed by atoms with Crippen molar-refractivity contribution in [2.45, 2.75) is 31.9 Å². The highest BCUT2D eigenvalue weighted by Crippen LogP contribution is 2.26. The zero-order chi connectivity index (χ0) is 14.6. The molecule has 1 atom stereocenters. The van der Waals surface area contributed by atoms with Crippen molar-refractivity contribution in [3.05, 3.63) is 29.3 Å². The van der Waals surface area contributed by atoms with Gasteiger partial charge in [-0.25, -0.2) is 0 Å². The normalized spacial score (nSPS) is 23.3. The zero-order valence-corrected chi connectivity index (χ0v) is 12.5. The van der Waals surface area contributed by atoms with Crippen LogP contribution in [0.1, 0.15) is 30.9 Å². The summed E-state index contributed by atoms with van der Waals surface area (Å²) >= 11 is 0. The van der Waals surface area contributed by atoms with Gasteiger partial charge < -0.3 is 9.47 Å². The highest BCUT2D eigenvalue weighted by molar-refractivity contribution is 5.45. The predicted octanol–water partition coefficient (Wildman–Crippen LogP) is 2.57. The van der Waals surface area contributed by atoms with Crippen LogP contribution in [0.15, 0.2) is 18.2 Å². The van der Waals surface area contributed by atoms with Gasteiger partial charge in [0.15, 0.2) is 0 Å². The highest BCUT2D eigenvalue weighted by atomic mass is 16.5. The number of piperidine rings is 1. The maximum Gasteiger partial charge on any atom is 0.136 e. The molecule has 1 heterocycles. The second-order valence-corrected chi connectivity index (χ2v) is 5.61. The molecule has 1 aromatic carbocycles. The largest absolute Gasteiger partial charge is 0.495 e. The molecule has 2 rings (SSSR count). The standard InChI is InChI=1S/C16H22N2O2/c1-16(20-3)7-4-8-18(12-16)11-13-5-6-15(19-2)14(9-13)10-17/h5-6,9H,4,7-8,11-12H2,1-3H3. The van der Waals surface area contributed by atoms with Crippen LogP contribution in [0.3, 0.4) is 0 Å². The Morgan fingerprint density at radius 2 is 2.20 bits per heavy atom. The fourth-order valence-corrected chi connectivity index (χ4v) is 2.81. The summed E-state index contributed by atoms with van der Waals surface area (Å²) in [6, 6.07) is 7.99. The Balaban J connectivity index is 2.08. The zero-order valence-electron chi connectivity index (χ0n) is 12.5. The fraction of sp³-hybridized carbons (Fsp3) is 0.562. The third kappa shape index (κ3) is 3.30. The minimum atomic E-state index is -0.0528. The summed E-state index contributed by atoms with van der Waals surface area (Å²) in [4.78, 5) is 2.38. The lowest BCUT2D eigenvalue weighted by molar-refractivity contribution is -0.0527. The summed E-state index contributed by atoms with van der Waals surface area (Å²) in [6.45, 7) is 5.01. The summed E-state index contributed by atoms with van der Waals surface area (Å²) in [5, 5.41) is 9.14. The van der Waals surface area contributed by atoms with Crippen LogP contribution < -0.4 is 4.74 Å². The molecule has 0 bridgehead atoms. The number of nitriles is 1. The lowest BCUT2D eigenvalue weighted by atomic mass is 9.94. The van der Waals surface area contributed by atoms with E-state index in [1.165, 1.54) is 0 Å². The number of ether oxygens (including phenoxy) is 2. The molecule has 20 heavy (non-hydrogen) atoms. The van der Waals surface area contributed by atoms with Crippen LogP contribution in [-0.4, -0.2) is 37.8 Å². The van der Waals surface area contributed by atoms with E-state index in [1.807, 2.05) is 18.2 Å². The van der Waals surface area contributed by atoms with Crippen LogP contribution in [0.2, 0.25) is 0 Å². The number of hydrogen-bond donors (Lipinski definition) is 0. The number of methoxy groups -OCH3 is 2. The maximum absolute atomic E-state index is 9.14. The van der Waals surface area contributed by atoms with Crippen molar-refractivity contribution in [2.75, 3.05) is 27.3 Å². The van der Waals surface area contributed by atoms with Crippen LogP contribution in [0.4, 0.5) is 0 Å². The Morgan fingerprint density at radius 1 is 1.40 bits per heavy atom. The average molecular weight is 274 g/mol. The molecule has 0 aliphatic carbocycles. The molecule has 4 nitrogen and oxygen atoms in total. The molecule has 0 N–H and O–H groups in total. The summed E-state index contributed by atoms with van der Waals surface area (Å²) in [5.41, 5.74) is 1.68. The van der Waals surface area contributed by atoms with Gasteiger partial charge >= 0.3 is 0 Å². The van der Waals surface area contributed by atoms with Gasteiger partial charge in [-0.05, 0) is 44.0 Å². The molecule has 1 aromatic rings. The second kappa shape index (κ2) is 6.25. The van der Waals surface area contributed by atoms with E-state index in [2.05, 4.69) is 17.9 Å². The summed E-state index contributed by atoms with van der Waals surface area (Å²) in [6.07, 6.45) is 2.25. The van der Waals surface area contributed by atoms with Crippen molar-refractivity contribution < 1.29 is 9.47 Å². The predicted molar refractivity (Wildman–Crippen MR) is 77.6 cm³/mol. The number of likely N-dealkylation sites (tertiary alicyclic amines) is 1. The molecule has 1 unspecified atom stereocenters. The summed E-state index contributed by atoms with van der Waals surface area (Å²) < 4.78 is 10.8. The van der Waals surface area contributed by atoms with E-state index < -0.39 is 0 Å².